The molecule has 2 rings (SSSR count). The Kier molecular flexibility index (Phi) is 4.71. The van der Waals surface area contributed by atoms with Crippen molar-refractivity contribution in [2.75, 3.05) is 26.2 Å². The Morgan fingerprint density at radius 1 is 1.33 bits per heavy atom. The minimum atomic E-state index is 0.458. The van der Waals surface area contributed by atoms with Crippen LogP contribution in [0.1, 0.15) is 53.4 Å². The van der Waals surface area contributed by atoms with Crippen molar-refractivity contribution >= 4 is 0 Å². The van der Waals surface area contributed by atoms with Gasteiger partial charge in [0.15, 0.2) is 0 Å². The summed E-state index contributed by atoms with van der Waals surface area (Å²) in [7, 11) is 0. The molecule has 0 aromatic rings. The van der Waals surface area contributed by atoms with Crippen molar-refractivity contribution in [1.29, 1.82) is 0 Å². The van der Waals surface area contributed by atoms with Crippen LogP contribution in [0.3, 0.4) is 0 Å². The van der Waals surface area contributed by atoms with Crippen molar-refractivity contribution < 1.29 is 0 Å². The van der Waals surface area contributed by atoms with Crippen molar-refractivity contribution in [1.82, 2.24) is 10.2 Å². The van der Waals surface area contributed by atoms with E-state index in [0.29, 0.717) is 5.41 Å². The summed E-state index contributed by atoms with van der Waals surface area (Å²) in [6.07, 6.45) is 5.73. The third-order valence-corrected chi connectivity index (χ3v) is 5.07. The van der Waals surface area contributed by atoms with Gasteiger partial charge >= 0.3 is 0 Å². The van der Waals surface area contributed by atoms with Crippen LogP contribution >= 0.6 is 0 Å². The summed E-state index contributed by atoms with van der Waals surface area (Å²) in [4.78, 5) is 2.79. The first-order chi connectivity index (χ1) is 8.52. The van der Waals surface area contributed by atoms with E-state index in [0.717, 1.165) is 24.4 Å². The van der Waals surface area contributed by atoms with Gasteiger partial charge in [-0.15, -0.1) is 0 Å². The fraction of sp³-hybridized carbons (Fsp3) is 1.00. The van der Waals surface area contributed by atoms with Gasteiger partial charge in [0.1, 0.15) is 0 Å². The Morgan fingerprint density at radius 2 is 2.11 bits per heavy atom. The molecule has 3 unspecified atom stereocenters. The fourth-order valence-corrected chi connectivity index (χ4v) is 3.67. The van der Waals surface area contributed by atoms with E-state index in [1.807, 2.05) is 0 Å². The highest BCUT2D eigenvalue weighted by molar-refractivity contribution is 4.94. The van der Waals surface area contributed by atoms with Gasteiger partial charge in [0.25, 0.3) is 0 Å². The van der Waals surface area contributed by atoms with Gasteiger partial charge in [-0.05, 0) is 49.5 Å². The Labute approximate surface area is 114 Å². The quantitative estimate of drug-likeness (QED) is 0.749. The zero-order chi connectivity index (χ0) is 13.2. The number of rotatable bonds is 7. The lowest BCUT2D eigenvalue weighted by molar-refractivity contribution is 0.124. The number of fused-ring (bicyclic) bond motifs is 2. The maximum Gasteiger partial charge on any atom is 0.00988 e. The van der Waals surface area contributed by atoms with Crippen LogP contribution in [-0.4, -0.2) is 37.1 Å². The number of nitrogens with one attached hydrogen (secondary N) is 1. The molecule has 1 aliphatic carbocycles. The molecule has 0 amide bonds. The Balaban J connectivity index is 1.80. The minimum absolute atomic E-state index is 0.458. The molecule has 2 aliphatic rings. The van der Waals surface area contributed by atoms with Crippen LogP contribution in [0.4, 0.5) is 0 Å². The number of piperidine rings is 1. The summed E-state index contributed by atoms with van der Waals surface area (Å²) in [5.41, 5.74) is 0.458. The molecule has 0 spiro atoms. The maximum atomic E-state index is 3.67. The predicted octanol–water partition coefficient (Wildman–Crippen LogP) is 3.13. The van der Waals surface area contributed by atoms with E-state index < -0.39 is 0 Å². The molecule has 2 fully saturated rings. The molecule has 0 aromatic heterocycles. The van der Waals surface area contributed by atoms with Crippen molar-refractivity contribution in [2.24, 2.45) is 17.3 Å². The Hall–Kier alpha value is -0.0800. The topological polar surface area (TPSA) is 15.3 Å². The standard InChI is InChI=1S/C16H32N2/c1-5-16(4,11-17-9-13(2)3)12-18-10-14-6-7-15(18)8-14/h13-15,17H,5-12H2,1-4H3. The summed E-state index contributed by atoms with van der Waals surface area (Å²) < 4.78 is 0. The third-order valence-electron chi connectivity index (χ3n) is 5.07. The lowest BCUT2D eigenvalue weighted by Gasteiger charge is -2.37. The van der Waals surface area contributed by atoms with Crippen LogP contribution < -0.4 is 5.32 Å². The highest BCUT2D eigenvalue weighted by Gasteiger charge is 2.40. The maximum absolute atomic E-state index is 3.67. The van der Waals surface area contributed by atoms with Crippen molar-refractivity contribution in [3.8, 4) is 0 Å². The van der Waals surface area contributed by atoms with Gasteiger partial charge < -0.3 is 5.32 Å². The molecule has 0 radical (unpaired) electrons. The second-order valence-electron chi connectivity index (χ2n) is 7.45. The molecule has 1 aliphatic heterocycles. The summed E-state index contributed by atoms with van der Waals surface area (Å²) in [5, 5.41) is 3.67. The lowest BCUT2D eigenvalue weighted by Crippen LogP contribution is -2.45. The summed E-state index contributed by atoms with van der Waals surface area (Å²) in [6, 6.07) is 0.922. The molecule has 1 saturated heterocycles. The van der Waals surface area contributed by atoms with Crippen LogP contribution in [0.25, 0.3) is 0 Å². The van der Waals surface area contributed by atoms with Crippen LogP contribution in [0.2, 0.25) is 0 Å². The molecule has 18 heavy (non-hydrogen) atoms. The third kappa shape index (κ3) is 3.48. The summed E-state index contributed by atoms with van der Waals surface area (Å²) in [6.45, 7) is 14.4. The minimum Gasteiger partial charge on any atom is -0.316 e. The van der Waals surface area contributed by atoms with Gasteiger partial charge in [0, 0.05) is 25.7 Å². The fourth-order valence-electron chi connectivity index (χ4n) is 3.67. The average molecular weight is 252 g/mol. The van der Waals surface area contributed by atoms with Crippen LogP contribution in [0, 0.1) is 17.3 Å². The van der Waals surface area contributed by atoms with E-state index in [4.69, 9.17) is 0 Å². The van der Waals surface area contributed by atoms with Crippen LogP contribution in [-0.2, 0) is 0 Å². The molecular formula is C16H32N2. The molecule has 1 N–H and O–H groups in total. The first-order valence-electron chi connectivity index (χ1n) is 7.97. The highest BCUT2D eigenvalue weighted by Crippen LogP contribution is 2.39. The monoisotopic (exact) mass is 252 g/mol. The zero-order valence-corrected chi connectivity index (χ0v) is 12.8. The van der Waals surface area contributed by atoms with Crippen LogP contribution in [0.5, 0.6) is 0 Å². The molecule has 1 saturated carbocycles. The van der Waals surface area contributed by atoms with Gasteiger partial charge in [0.2, 0.25) is 0 Å². The van der Waals surface area contributed by atoms with E-state index >= 15 is 0 Å². The smallest absolute Gasteiger partial charge is 0.00988 e. The number of hydrogen-bond donors (Lipinski definition) is 1. The molecule has 1 heterocycles. The molecule has 2 heteroatoms. The van der Waals surface area contributed by atoms with Gasteiger partial charge in [0.05, 0.1) is 0 Å². The zero-order valence-electron chi connectivity index (χ0n) is 12.8. The number of likely N-dealkylation sites (tertiary alicyclic amines) is 1. The molecular weight excluding hydrogens is 220 g/mol. The normalized spacial score (nSPS) is 31.2. The molecule has 3 atom stereocenters. The van der Waals surface area contributed by atoms with Crippen molar-refractivity contribution in [3.05, 3.63) is 0 Å². The van der Waals surface area contributed by atoms with E-state index in [1.165, 1.54) is 45.3 Å². The van der Waals surface area contributed by atoms with E-state index in [9.17, 15) is 0 Å². The average Bonchev–Trinajstić information content (AvgIpc) is 2.90. The molecule has 2 nitrogen and oxygen atoms in total. The second kappa shape index (κ2) is 5.92. The first-order valence-corrected chi connectivity index (χ1v) is 7.97. The summed E-state index contributed by atoms with van der Waals surface area (Å²) in [5.74, 6) is 1.79. The van der Waals surface area contributed by atoms with E-state index in [-0.39, 0.29) is 0 Å². The molecule has 0 aromatic carbocycles. The lowest BCUT2D eigenvalue weighted by atomic mass is 9.86. The SMILES string of the molecule is CCC(C)(CNCC(C)C)CN1CC2CCC1C2. The highest BCUT2D eigenvalue weighted by atomic mass is 15.2. The number of nitrogens with zero attached hydrogens (tertiary/aromatic N) is 1. The van der Waals surface area contributed by atoms with Gasteiger partial charge in [-0.3, -0.25) is 4.90 Å². The largest absolute Gasteiger partial charge is 0.316 e. The van der Waals surface area contributed by atoms with E-state index in [1.54, 1.807) is 0 Å². The first kappa shape index (κ1) is 14.3. The Bertz CT molecular complexity index is 264. The van der Waals surface area contributed by atoms with Crippen molar-refractivity contribution in [2.45, 2.75) is 59.4 Å². The number of hydrogen-bond acceptors (Lipinski definition) is 2. The van der Waals surface area contributed by atoms with Gasteiger partial charge in [-0.2, -0.15) is 0 Å². The van der Waals surface area contributed by atoms with Gasteiger partial charge in [-0.1, -0.05) is 27.7 Å². The Morgan fingerprint density at radius 3 is 2.61 bits per heavy atom. The second-order valence-corrected chi connectivity index (χ2v) is 7.45. The van der Waals surface area contributed by atoms with E-state index in [2.05, 4.69) is 37.9 Å². The summed E-state index contributed by atoms with van der Waals surface area (Å²) >= 11 is 0. The van der Waals surface area contributed by atoms with Crippen LogP contribution in [0.15, 0.2) is 0 Å². The van der Waals surface area contributed by atoms with Crippen molar-refractivity contribution in [3.63, 3.8) is 0 Å². The van der Waals surface area contributed by atoms with Gasteiger partial charge in [-0.25, -0.2) is 0 Å². The predicted molar refractivity (Wildman–Crippen MR) is 78.8 cm³/mol. The molecule has 2 bridgehead atoms. The molecule has 106 valence electrons.